The van der Waals surface area contributed by atoms with Crippen LogP contribution in [-0.2, 0) is 23.9 Å². The predicted octanol–water partition coefficient (Wildman–Crippen LogP) is 5.11. The number of ether oxygens (including phenoxy) is 1. The summed E-state index contributed by atoms with van der Waals surface area (Å²) in [5.74, 6) is -2.21. The Kier molecular flexibility index (Phi) is 24.4. The van der Waals surface area contributed by atoms with Gasteiger partial charge in [-0.25, -0.2) is 0 Å². The molecular weight excluding hydrogens is 912 g/mol. The summed E-state index contributed by atoms with van der Waals surface area (Å²) < 4.78 is 7.76. The Morgan fingerprint density at radius 1 is 0.611 bits per heavy atom. The van der Waals surface area contributed by atoms with Crippen molar-refractivity contribution in [3.8, 4) is 22.3 Å². The van der Waals surface area contributed by atoms with Gasteiger partial charge in [-0.15, -0.1) is 0 Å². The molecule has 2 amide bonds. The predicted molar refractivity (Wildman–Crippen MR) is 273 cm³/mol. The summed E-state index contributed by atoms with van der Waals surface area (Å²) in [6.07, 6.45) is 12.0. The average Bonchev–Trinajstić information content (AvgIpc) is 3.30. The molecule has 2 unspecified atom stereocenters. The molecule has 4 heterocycles. The van der Waals surface area contributed by atoms with Crippen LogP contribution in [0, 0.1) is 41.5 Å². The number of aryl methyl sites for hydroxylation is 6. The summed E-state index contributed by atoms with van der Waals surface area (Å²) in [4.78, 5) is 84.6. The van der Waals surface area contributed by atoms with E-state index >= 15 is 0 Å². The average molecular weight is 979 g/mol. The van der Waals surface area contributed by atoms with Crippen LogP contribution in [0.25, 0.3) is 22.3 Å². The molecular formula is C55H67LiN6O10. The topological polar surface area (TPSA) is 253 Å². The van der Waals surface area contributed by atoms with Crippen molar-refractivity contribution in [1.82, 2.24) is 29.7 Å². The number of nitrogens with one attached hydrogen (secondary N) is 2. The Balaban J connectivity index is 0.000000474. The van der Waals surface area contributed by atoms with Crippen molar-refractivity contribution in [2.45, 2.75) is 118 Å². The molecule has 16 nitrogen and oxygen atoms in total. The van der Waals surface area contributed by atoms with E-state index < -0.39 is 42.0 Å². The molecule has 0 aliphatic carbocycles. The molecule has 0 aliphatic heterocycles. The number of esters is 1. The molecule has 17 heteroatoms. The number of carbonyl (C=O) groups excluding carboxylic acids is 3. The molecule has 6 N–H and O–H groups in total. The van der Waals surface area contributed by atoms with E-state index in [-0.39, 0.29) is 59.7 Å². The van der Waals surface area contributed by atoms with E-state index in [2.05, 4.69) is 20.6 Å². The summed E-state index contributed by atoms with van der Waals surface area (Å²) in [6, 6.07) is 19.6. The van der Waals surface area contributed by atoms with Crippen LogP contribution in [0.2, 0.25) is 0 Å². The molecule has 4 aromatic heterocycles. The number of aromatic nitrogens is 4. The number of methoxy groups -OCH3 is 1. The van der Waals surface area contributed by atoms with Crippen molar-refractivity contribution < 1.29 is 58.8 Å². The zero-order valence-corrected chi connectivity index (χ0v) is 43.0. The maximum atomic E-state index is 13.4. The molecule has 0 radical (unpaired) electrons. The van der Waals surface area contributed by atoms with E-state index in [1.165, 1.54) is 28.4 Å². The Hall–Kier alpha value is -6.96. The van der Waals surface area contributed by atoms with Crippen LogP contribution in [0.4, 0.5) is 0 Å². The van der Waals surface area contributed by atoms with Gasteiger partial charge in [-0.05, 0) is 134 Å². The maximum absolute atomic E-state index is 13.4. The zero-order chi connectivity index (χ0) is 50.4. The first-order chi connectivity index (χ1) is 32.9. The molecule has 0 saturated heterocycles. The van der Waals surface area contributed by atoms with Crippen LogP contribution in [0.5, 0.6) is 0 Å². The molecule has 6 aromatic rings. The molecule has 2 aromatic carbocycles. The molecule has 0 aliphatic rings. The molecule has 4 atom stereocenters. The van der Waals surface area contributed by atoms with Crippen molar-refractivity contribution in [3.63, 3.8) is 0 Å². The van der Waals surface area contributed by atoms with Gasteiger partial charge in [-0.1, -0.05) is 63.1 Å². The first-order valence-electron chi connectivity index (χ1n) is 23.3. The molecule has 378 valence electrons. The van der Waals surface area contributed by atoms with E-state index in [1.807, 2.05) is 104 Å². The number of carboxylic acids is 1. The number of amides is 2. The van der Waals surface area contributed by atoms with Gasteiger partial charge in [0, 0.05) is 60.4 Å². The van der Waals surface area contributed by atoms with Crippen LogP contribution in [0.1, 0.15) is 121 Å². The third kappa shape index (κ3) is 16.0. The van der Waals surface area contributed by atoms with Gasteiger partial charge in [0.1, 0.15) is 12.1 Å². The van der Waals surface area contributed by atoms with E-state index in [1.54, 1.807) is 49.3 Å². The molecule has 72 heavy (non-hydrogen) atoms. The number of nitrogens with zero attached hydrogens (tertiary/aromatic N) is 4. The fourth-order valence-electron chi connectivity index (χ4n) is 8.61. The number of aliphatic carboxylic acids is 1. The Labute approximate surface area is 433 Å². The molecule has 0 saturated carbocycles. The minimum Gasteiger partial charge on any atom is -0.870 e. The number of benzene rings is 2. The van der Waals surface area contributed by atoms with Gasteiger partial charge >= 0.3 is 30.8 Å². The first-order valence-corrected chi connectivity index (χ1v) is 23.3. The van der Waals surface area contributed by atoms with Gasteiger partial charge < -0.3 is 40.6 Å². The van der Waals surface area contributed by atoms with E-state index in [0.717, 1.165) is 55.6 Å². The standard InChI is InChI=1S/C28H33N3O4.C27H31N3O4.Li.2H2O/c1-6-8-24(31-12-11-18(2)13-25(31)32)28(34)30-23(15-26(33)35-5)21-14-22(17-29-16-21)27-19(3)9-7-10-20(27)4;1-5-7-23(30-11-10-17(2)12-24(30)31)27(34)29-22(14-25(32)33)20-13-21(16-28-15-20)26-18(3)8-6-9-19(26)4;;;/h7,9-14,16-17,23-24H,6,8,15H2,1-5H3,(H,30,34);6,8-13,15-16,22-23H,5,7,14H2,1-4H3,(H,29,34)(H,32,33);;2*1H2/q;;+1;;/p-1/t23-,24?;22-,23?;;;/m00.../s1. The number of hydrogen-bond acceptors (Lipinski definition) is 10. The number of hydrogen-bond donors (Lipinski definition) is 3. The molecule has 6 rings (SSSR count). The van der Waals surface area contributed by atoms with E-state index in [9.17, 15) is 33.9 Å². The fourth-order valence-corrected chi connectivity index (χ4v) is 8.61. The number of carbonyl (C=O) groups is 4. The maximum Gasteiger partial charge on any atom is 1.00 e. The Bertz CT molecular complexity index is 2880. The second-order valence-corrected chi connectivity index (χ2v) is 17.6. The summed E-state index contributed by atoms with van der Waals surface area (Å²) in [5.41, 5.74) is 10.7. The summed E-state index contributed by atoms with van der Waals surface area (Å²) in [5, 5.41) is 15.4. The minimum absolute atomic E-state index is 0. The molecule has 0 bridgehead atoms. The van der Waals surface area contributed by atoms with Gasteiger partial charge in [0.15, 0.2) is 0 Å². The largest absolute Gasteiger partial charge is 1.00 e. The number of pyridine rings is 4. The Morgan fingerprint density at radius 2 is 0.986 bits per heavy atom. The van der Waals surface area contributed by atoms with Gasteiger partial charge in [0.2, 0.25) is 11.8 Å². The monoisotopic (exact) mass is 979 g/mol. The van der Waals surface area contributed by atoms with Crippen LogP contribution in [0.15, 0.2) is 120 Å². The van der Waals surface area contributed by atoms with Crippen molar-refractivity contribution in [1.29, 1.82) is 0 Å². The SMILES string of the molecule is CCCC(C(=O)N[C@@H](CC(=O)O)c1cncc(-c2c(C)cccc2C)c1)n1ccc(C)cc1=O.CCCC(C(=O)N[C@@H](CC(=O)OC)c1cncc(-c2c(C)cccc2C)c1)n1ccc(C)cc1=O.O.[Li+].[OH-]. The van der Waals surface area contributed by atoms with Crippen LogP contribution in [-0.4, -0.2) is 66.0 Å². The van der Waals surface area contributed by atoms with Crippen LogP contribution < -0.4 is 40.6 Å². The molecule has 0 spiro atoms. The van der Waals surface area contributed by atoms with Gasteiger partial charge in [-0.3, -0.25) is 38.7 Å². The third-order valence-corrected chi connectivity index (χ3v) is 12.1. The van der Waals surface area contributed by atoms with Gasteiger partial charge in [0.25, 0.3) is 11.1 Å². The van der Waals surface area contributed by atoms with Crippen molar-refractivity contribution in [2.24, 2.45) is 0 Å². The normalized spacial score (nSPS) is 12.1. The second-order valence-electron chi connectivity index (χ2n) is 17.6. The van der Waals surface area contributed by atoms with Gasteiger partial charge in [0.05, 0.1) is 32.0 Å². The third-order valence-electron chi connectivity index (χ3n) is 12.1. The van der Waals surface area contributed by atoms with Crippen molar-refractivity contribution in [2.75, 3.05) is 7.11 Å². The zero-order valence-electron chi connectivity index (χ0n) is 43.0. The molecule has 0 fully saturated rings. The van der Waals surface area contributed by atoms with Crippen LogP contribution >= 0.6 is 0 Å². The van der Waals surface area contributed by atoms with Crippen molar-refractivity contribution in [3.05, 3.63) is 175 Å². The first kappa shape index (κ1) is 61.2. The van der Waals surface area contributed by atoms with E-state index in [0.29, 0.717) is 36.8 Å². The summed E-state index contributed by atoms with van der Waals surface area (Å²) in [6.45, 7) is 15.7. The van der Waals surface area contributed by atoms with Crippen molar-refractivity contribution >= 4 is 23.8 Å². The summed E-state index contributed by atoms with van der Waals surface area (Å²) >= 11 is 0. The number of carboxylic acid groups (broad SMARTS) is 1. The van der Waals surface area contributed by atoms with Gasteiger partial charge in [-0.2, -0.15) is 0 Å². The van der Waals surface area contributed by atoms with Crippen LogP contribution in [0.3, 0.4) is 0 Å². The quantitative estimate of drug-likeness (QED) is 0.0754. The summed E-state index contributed by atoms with van der Waals surface area (Å²) in [7, 11) is 1.32. The number of rotatable bonds is 18. The fraction of sp³-hybridized carbons (Fsp3) is 0.345. The second kappa shape index (κ2) is 28.8. The van der Waals surface area contributed by atoms with E-state index in [4.69, 9.17) is 4.74 Å². The Morgan fingerprint density at radius 3 is 1.32 bits per heavy atom. The smallest absolute Gasteiger partial charge is 0.870 e. The minimum atomic E-state index is -1.04.